The third-order valence-electron chi connectivity index (χ3n) is 4.29. The third kappa shape index (κ3) is 4.09. The van der Waals surface area contributed by atoms with Crippen LogP contribution in [0.4, 0.5) is 0 Å². The molecule has 0 aliphatic carbocycles. The number of amides is 2. The predicted octanol–water partition coefficient (Wildman–Crippen LogP) is 2.73. The summed E-state index contributed by atoms with van der Waals surface area (Å²) in [5.41, 5.74) is 0.0212. The number of carbonyl (C=O) groups excluding carboxylic acids is 2. The van der Waals surface area contributed by atoms with Gasteiger partial charge in [-0.25, -0.2) is 0 Å². The topological polar surface area (TPSA) is 49.4 Å². The van der Waals surface area contributed by atoms with Gasteiger partial charge in [-0.05, 0) is 32.3 Å². The molecule has 0 spiro atoms. The Hall–Kier alpha value is -1.84. The highest BCUT2D eigenvalue weighted by Gasteiger charge is 2.38. The number of hydrogen-bond acceptors (Lipinski definition) is 2. The van der Waals surface area contributed by atoms with Crippen molar-refractivity contribution in [2.24, 2.45) is 5.41 Å². The van der Waals surface area contributed by atoms with Crippen molar-refractivity contribution >= 4 is 11.8 Å². The lowest BCUT2D eigenvalue weighted by molar-refractivity contribution is -0.148. The number of nitrogens with one attached hydrogen (secondary N) is 1. The largest absolute Gasteiger partial charge is 0.351 e. The van der Waals surface area contributed by atoms with Gasteiger partial charge in [0, 0.05) is 19.6 Å². The van der Waals surface area contributed by atoms with E-state index in [1.807, 2.05) is 35.2 Å². The highest BCUT2D eigenvalue weighted by molar-refractivity contribution is 6.04. The monoisotopic (exact) mass is 302 g/mol. The van der Waals surface area contributed by atoms with Crippen LogP contribution in [0.2, 0.25) is 0 Å². The molecule has 0 bridgehead atoms. The second-order valence-electron chi connectivity index (χ2n) is 6.50. The highest BCUT2D eigenvalue weighted by atomic mass is 16.2. The molecule has 4 heteroatoms. The maximum Gasteiger partial charge on any atom is 0.237 e. The molecule has 1 saturated heterocycles. The second kappa shape index (κ2) is 7.43. The molecule has 4 nitrogen and oxygen atoms in total. The van der Waals surface area contributed by atoms with Crippen LogP contribution in [0.25, 0.3) is 0 Å². The van der Waals surface area contributed by atoms with Crippen LogP contribution >= 0.6 is 0 Å². The molecular weight excluding hydrogens is 276 g/mol. The standard InChI is InChI=1S/C18H26N2O2/c1-18(2,17(22)20-12-8-3-4-9-13-20)16(21)19-14-15-10-6-5-7-11-15/h5-7,10-11H,3-4,8-9,12-14H2,1-2H3,(H,19,21). The molecule has 1 aromatic carbocycles. The Kier molecular flexibility index (Phi) is 5.58. The molecule has 2 rings (SSSR count). The molecule has 1 aromatic rings. The van der Waals surface area contributed by atoms with Crippen LogP contribution in [-0.4, -0.2) is 29.8 Å². The van der Waals surface area contributed by atoms with Gasteiger partial charge in [-0.2, -0.15) is 0 Å². The summed E-state index contributed by atoms with van der Waals surface area (Å²) in [5.74, 6) is -0.259. The van der Waals surface area contributed by atoms with E-state index >= 15 is 0 Å². The molecule has 0 saturated carbocycles. The van der Waals surface area contributed by atoms with Crippen LogP contribution < -0.4 is 5.32 Å². The first-order chi connectivity index (χ1) is 10.5. The lowest BCUT2D eigenvalue weighted by atomic mass is 9.90. The SMILES string of the molecule is CC(C)(C(=O)NCc1ccccc1)C(=O)N1CCCCCC1. The zero-order valence-electron chi connectivity index (χ0n) is 13.6. The summed E-state index contributed by atoms with van der Waals surface area (Å²) in [6.45, 7) is 5.44. The molecule has 1 aliphatic heterocycles. The van der Waals surface area contributed by atoms with Crippen LogP contribution in [0.5, 0.6) is 0 Å². The average molecular weight is 302 g/mol. The molecule has 0 aromatic heterocycles. The number of hydrogen-bond donors (Lipinski definition) is 1. The van der Waals surface area contributed by atoms with Crippen LogP contribution in [0.15, 0.2) is 30.3 Å². The van der Waals surface area contributed by atoms with Crippen molar-refractivity contribution < 1.29 is 9.59 Å². The zero-order chi connectivity index (χ0) is 16.0. The van der Waals surface area contributed by atoms with E-state index in [-0.39, 0.29) is 11.8 Å². The molecule has 22 heavy (non-hydrogen) atoms. The minimum atomic E-state index is -1.01. The van der Waals surface area contributed by atoms with Crippen molar-refractivity contribution in [1.29, 1.82) is 0 Å². The van der Waals surface area contributed by atoms with E-state index in [1.165, 1.54) is 12.8 Å². The maximum absolute atomic E-state index is 12.7. The maximum atomic E-state index is 12.7. The van der Waals surface area contributed by atoms with Gasteiger partial charge in [0.05, 0.1) is 0 Å². The van der Waals surface area contributed by atoms with E-state index in [1.54, 1.807) is 13.8 Å². The molecule has 1 fully saturated rings. The Morgan fingerprint density at radius 1 is 1.05 bits per heavy atom. The van der Waals surface area contributed by atoms with Gasteiger partial charge in [0.25, 0.3) is 0 Å². The lowest BCUT2D eigenvalue weighted by Gasteiger charge is -2.30. The number of nitrogens with zero attached hydrogens (tertiary/aromatic N) is 1. The van der Waals surface area contributed by atoms with Gasteiger partial charge in [0.2, 0.25) is 11.8 Å². The first kappa shape index (κ1) is 16.5. The molecule has 0 radical (unpaired) electrons. The fourth-order valence-electron chi connectivity index (χ4n) is 2.77. The minimum Gasteiger partial charge on any atom is -0.351 e. The minimum absolute atomic E-state index is 0.0556. The Morgan fingerprint density at radius 3 is 2.23 bits per heavy atom. The molecule has 0 unspecified atom stereocenters. The lowest BCUT2D eigenvalue weighted by Crippen LogP contribution is -2.49. The van der Waals surface area contributed by atoms with Crippen LogP contribution in [0, 0.1) is 5.41 Å². The fourth-order valence-corrected chi connectivity index (χ4v) is 2.77. The van der Waals surface area contributed by atoms with Gasteiger partial charge in [0.15, 0.2) is 0 Å². The Labute approximate surface area is 132 Å². The normalized spacial score (nSPS) is 16.0. The summed E-state index contributed by atoms with van der Waals surface area (Å²) in [7, 11) is 0. The van der Waals surface area contributed by atoms with E-state index < -0.39 is 5.41 Å². The van der Waals surface area contributed by atoms with Crippen molar-refractivity contribution in [3.05, 3.63) is 35.9 Å². The fraction of sp³-hybridized carbons (Fsp3) is 0.556. The van der Waals surface area contributed by atoms with Crippen molar-refractivity contribution in [2.75, 3.05) is 13.1 Å². The van der Waals surface area contributed by atoms with Gasteiger partial charge >= 0.3 is 0 Å². The van der Waals surface area contributed by atoms with E-state index in [0.29, 0.717) is 6.54 Å². The quantitative estimate of drug-likeness (QED) is 0.869. The highest BCUT2D eigenvalue weighted by Crippen LogP contribution is 2.22. The van der Waals surface area contributed by atoms with Gasteiger partial charge in [-0.1, -0.05) is 43.2 Å². The van der Waals surface area contributed by atoms with E-state index in [2.05, 4.69) is 5.32 Å². The number of likely N-dealkylation sites (tertiary alicyclic amines) is 1. The molecule has 0 atom stereocenters. The summed E-state index contributed by atoms with van der Waals surface area (Å²) < 4.78 is 0. The summed E-state index contributed by atoms with van der Waals surface area (Å²) >= 11 is 0. The van der Waals surface area contributed by atoms with Crippen LogP contribution in [-0.2, 0) is 16.1 Å². The van der Waals surface area contributed by atoms with Gasteiger partial charge < -0.3 is 10.2 Å². The predicted molar refractivity (Wildman–Crippen MR) is 87.1 cm³/mol. The van der Waals surface area contributed by atoms with Gasteiger partial charge in [0.1, 0.15) is 5.41 Å². The second-order valence-corrected chi connectivity index (χ2v) is 6.50. The number of carbonyl (C=O) groups is 2. The number of rotatable bonds is 4. The first-order valence-corrected chi connectivity index (χ1v) is 8.13. The zero-order valence-corrected chi connectivity index (χ0v) is 13.6. The molecule has 1 aliphatic rings. The van der Waals surface area contributed by atoms with Gasteiger partial charge in [-0.3, -0.25) is 9.59 Å². The molecule has 1 heterocycles. The van der Waals surface area contributed by atoms with Crippen LogP contribution in [0.3, 0.4) is 0 Å². The smallest absolute Gasteiger partial charge is 0.237 e. The molecule has 120 valence electrons. The Bertz CT molecular complexity index is 503. The van der Waals surface area contributed by atoms with Crippen LogP contribution in [0.1, 0.15) is 45.1 Å². The summed E-state index contributed by atoms with van der Waals surface area (Å²) in [6.07, 6.45) is 4.41. The molecular formula is C18H26N2O2. The Morgan fingerprint density at radius 2 is 1.64 bits per heavy atom. The van der Waals surface area contributed by atoms with E-state index in [9.17, 15) is 9.59 Å². The van der Waals surface area contributed by atoms with Crippen molar-refractivity contribution in [2.45, 2.75) is 46.1 Å². The van der Waals surface area contributed by atoms with Crippen molar-refractivity contribution in [1.82, 2.24) is 10.2 Å². The summed E-state index contributed by atoms with van der Waals surface area (Å²) in [5, 5.41) is 2.89. The molecule has 2 amide bonds. The average Bonchev–Trinajstić information content (AvgIpc) is 2.81. The van der Waals surface area contributed by atoms with Crippen molar-refractivity contribution in [3.8, 4) is 0 Å². The summed E-state index contributed by atoms with van der Waals surface area (Å²) in [4.78, 5) is 27.0. The Balaban J connectivity index is 1.95. The molecule has 1 N–H and O–H groups in total. The first-order valence-electron chi connectivity index (χ1n) is 8.13. The number of benzene rings is 1. The van der Waals surface area contributed by atoms with E-state index in [4.69, 9.17) is 0 Å². The van der Waals surface area contributed by atoms with Crippen molar-refractivity contribution in [3.63, 3.8) is 0 Å². The van der Waals surface area contributed by atoms with E-state index in [0.717, 1.165) is 31.5 Å². The van der Waals surface area contributed by atoms with Gasteiger partial charge in [-0.15, -0.1) is 0 Å². The summed E-state index contributed by atoms with van der Waals surface area (Å²) in [6, 6.07) is 9.75. The third-order valence-corrected chi connectivity index (χ3v) is 4.29.